The van der Waals surface area contributed by atoms with Crippen molar-refractivity contribution < 1.29 is 4.74 Å². The fourth-order valence-corrected chi connectivity index (χ4v) is 1.09. The molecular weight excluding hydrogens is 152 g/mol. The van der Waals surface area contributed by atoms with Crippen molar-refractivity contribution in [2.45, 2.75) is 19.8 Å². The van der Waals surface area contributed by atoms with E-state index in [4.69, 9.17) is 10.5 Å². The van der Waals surface area contributed by atoms with E-state index in [9.17, 15) is 0 Å². The maximum absolute atomic E-state index is 5.57. The average Bonchev–Trinajstić information content (AvgIpc) is 2.11. The lowest BCUT2D eigenvalue weighted by Crippen LogP contribution is -2.24. The van der Waals surface area contributed by atoms with E-state index in [-0.39, 0.29) is 0 Å². The number of rotatable bonds is 8. The van der Waals surface area contributed by atoms with Crippen LogP contribution in [0.1, 0.15) is 19.8 Å². The average molecular weight is 174 g/mol. The van der Waals surface area contributed by atoms with Gasteiger partial charge in [-0.2, -0.15) is 0 Å². The summed E-state index contributed by atoms with van der Waals surface area (Å²) < 4.78 is 4.91. The molecule has 1 atom stereocenters. The molecule has 0 fully saturated rings. The topological polar surface area (TPSA) is 47.3 Å². The van der Waals surface area contributed by atoms with Crippen molar-refractivity contribution in [2.75, 3.05) is 33.4 Å². The Morgan fingerprint density at radius 3 is 2.67 bits per heavy atom. The third kappa shape index (κ3) is 6.58. The second-order valence-corrected chi connectivity index (χ2v) is 3.04. The van der Waals surface area contributed by atoms with Crippen molar-refractivity contribution in [3.05, 3.63) is 0 Å². The van der Waals surface area contributed by atoms with Crippen LogP contribution >= 0.6 is 0 Å². The predicted octanol–water partition coefficient (Wildman–Crippen LogP) is 0.597. The van der Waals surface area contributed by atoms with E-state index < -0.39 is 0 Å². The predicted molar refractivity (Wildman–Crippen MR) is 52.2 cm³/mol. The van der Waals surface area contributed by atoms with Crippen molar-refractivity contribution in [1.82, 2.24) is 5.32 Å². The van der Waals surface area contributed by atoms with Gasteiger partial charge >= 0.3 is 0 Å². The van der Waals surface area contributed by atoms with E-state index in [1.807, 2.05) is 0 Å². The molecule has 3 nitrogen and oxygen atoms in total. The quantitative estimate of drug-likeness (QED) is 0.530. The maximum atomic E-state index is 5.57. The normalized spacial score (nSPS) is 13.2. The fourth-order valence-electron chi connectivity index (χ4n) is 1.09. The van der Waals surface area contributed by atoms with Crippen LogP contribution < -0.4 is 11.1 Å². The van der Waals surface area contributed by atoms with Gasteiger partial charge in [-0.25, -0.2) is 0 Å². The van der Waals surface area contributed by atoms with Crippen molar-refractivity contribution >= 4 is 0 Å². The molecule has 0 aromatic rings. The van der Waals surface area contributed by atoms with Crippen LogP contribution in [-0.4, -0.2) is 33.4 Å². The highest BCUT2D eigenvalue weighted by Crippen LogP contribution is 2.03. The molecule has 0 aromatic heterocycles. The van der Waals surface area contributed by atoms with Crippen molar-refractivity contribution in [3.8, 4) is 0 Å². The zero-order chi connectivity index (χ0) is 9.23. The monoisotopic (exact) mass is 174 g/mol. The Morgan fingerprint density at radius 1 is 1.42 bits per heavy atom. The molecule has 0 bridgehead atoms. The highest BCUT2D eigenvalue weighted by molar-refractivity contribution is 4.59. The van der Waals surface area contributed by atoms with Gasteiger partial charge in [0.1, 0.15) is 0 Å². The molecule has 0 amide bonds. The van der Waals surface area contributed by atoms with Crippen LogP contribution in [0.4, 0.5) is 0 Å². The van der Waals surface area contributed by atoms with E-state index in [1.54, 1.807) is 7.11 Å². The van der Waals surface area contributed by atoms with Gasteiger partial charge in [0.05, 0.1) is 6.61 Å². The van der Waals surface area contributed by atoms with Crippen LogP contribution in [-0.2, 0) is 4.74 Å². The van der Waals surface area contributed by atoms with Crippen molar-refractivity contribution in [2.24, 2.45) is 11.7 Å². The summed E-state index contributed by atoms with van der Waals surface area (Å²) in [5, 5.41) is 3.30. The number of hydrogen-bond donors (Lipinski definition) is 2. The molecular formula is C9H22N2O. The number of ether oxygens (including phenoxy) is 1. The van der Waals surface area contributed by atoms with Gasteiger partial charge < -0.3 is 15.8 Å². The molecule has 0 aromatic carbocycles. The Morgan fingerprint density at radius 2 is 2.17 bits per heavy atom. The smallest absolute Gasteiger partial charge is 0.0587 e. The third-order valence-corrected chi connectivity index (χ3v) is 2.12. The van der Waals surface area contributed by atoms with Gasteiger partial charge in [0, 0.05) is 13.7 Å². The third-order valence-electron chi connectivity index (χ3n) is 2.12. The second-order valence-electron chi connectivity index (χ2n) is 3.04. The minimum absolute atomic E-state index is 0.681. The standard InChI is InChI=1S/C9H22N2O/c1-3-9(8-10)4-5-11-6-7-12-2/h9,11H,3-8,10H2,1-2H3. The molecule has 12 heavy (non-hydrogen) atoms. The van der Waals surface area contributed by atoms with E-state index in [0.717, 1.165) is 26.2 Å². The molecule has 74 valence electrons. The highest BCUT2D eigenvalue weighted by atomic mass is 16.5. The lowest BCUT2D eigenvalue weighted by molar-refractivity contribution is 0.199. The van der Waals surface area contributed by atoms with E-state index >= 15 is 0 Å². The summed E-state index contributed by atoms with van der Waals surface area (Å²) in [6.45, 7) is 5.78. The second kappa shape index (κ2) is 8.97. The Kier molecular flexibility index (Phi) is 8.88. The number of hydrogen-bond acceptors (Lipinski definition) is 3. The van der Waals surface area contributed by atoms with Crippen LogP contribution in [0.25, 0.3) is 0 Å². The van der Waals surface area contributed by atoms with Gasteiger partial charge in [-0.15, -0.1) is 0 Å². The number of nitrogens with one attached hydrogen (secondary N) is 1. The summed E-state index contributed by atoms with van der Waals surface area (Å²) in [6.07, 6.45) is 2.36. The largest absolute Gasteiger partial charge is 0.383 e. The summed E-state index contributed by atoms with van der Waals surface area (Å²) in [4.78, 5) is 0. The molecule has 0 radical (unpaired) electrons. The first-order valence-electron chi connectivity index (χ1n) is 4.74. The maximum Gasteiger partial charge on any atom is 0.0587 e. The van der Waals surface area contributed by atoms with Gasteiger partial charge in [-0.3, -0.25) is 0 Å². The molecule has 1 unspecified atom stereocenters. The van der Waals surface area contributed by atoms with Gasteiger partial charge in [0.15, 0.2) is 0 Å². The molecule has 0 rings (SSSR count). The molecule has 3 N–H and O–H groups in total. The Balaban J connectivity index is 3.06. The van der Waals surface area contributed by atoms with Gasteiger partial charge in [0.2, 0.25) is 0 Å². The number of methoxy groups -OCH3 is 1. The summed E-state index contributed by atoms with van der Waals surface area (Å²) in [7, 11) is 1.72. The molecule has 3 heteroatoms. The van der Waals surface area contributed by atoms with E-state index in [2.05, 4.69) is 12.2 Å². The summed E-state index contributed by atoms with van der Waals surface area (Å²) in [5.74, 6) is 0.681. The SMILES string of the molecule is CCC(CN)CCNCCOC. The molecule has 0 saturated heterocycles. The Hall–Kier alpha value is -0.120. The summed E-state index contributed by atoms with van der Waals surface area (Å²) in [6, 6.07) is 0. The first-order valence-corrected chi connectivity index (χ1v) is 4.74. The molecule has 0 heterocycles. The lowest BCUT2D eigenvalue weighted by Gasteiger charge is -2.11. The molecule has 0 aliphatic heterocycles. The van der Waals surface area contributed by atoms with E-state index in [1.165, 1.54) is 12.8 Å². The molecule has 0 aliphatic carbocycles. The van der Waals surface area contributed by atoms with Crippen LogP contribution in [0.3, 0.4) is 0 Å². The van der Waals surface area contributed by atoms with Crippen LogP contribution in [0.5, 0.6) is 0 Å². The zero-order valence-corrected chi connectivity index (χ0v) is 8.31. The van der Waals surface area contributed by atoms with Crippen molar-refractivity contribution in [3.63, 3.8) is 0 Å². The molecule has 0 spiro atoms. The highest BCUT2D eigenvalue weighted by Gasteiger charge is 2.01. The Bertz CT molecular complexity index is 84.6. The van der Waals surface area contributed by atoms with Gasteiger partial charge in [-0.05, 0) is 25.4 Å². The first-order chi connectivity index (χ1) is 5.85. The van der Waals surface area contributed by atoms with Gasteiger partial charge in [-0.1, -0.05) is 13.3 Å². The lowest BCUT2D eigenvalue weighted by atomic mass is 10.0. The molecule has 0 saturated carbocycles. The van der Waals surface area contributed by atoms with Crippen LogP contribution in [0, 0.1) is 5.92 Å². The van der Waals surface area contributed by atoms with Crippen LogP contribution in [0.15, 0.2) is 0 Å². The minimum atomic E-state index is 0.681. The van der Waals surface area contributed by atoms with E-state index in [0.29, 0.717) is 5.92 Å². The molecule has 0 aliphatic rings. The number of nitrogens with two attached hydrogens (primary N) is 1. The fraction of sp³-hybridized carbons (Fsp3) is 1.00. The van der Waals surface area contributed by atoms with Crippen molar-refractivity contribution in [1.29, 1.82) is 0 Å². The zero-order valence-electron chi connectivity index (χ0n) is 8.31. The minimum Gasteiger partial charge on any atom is -0.383 e. The van der Waals surface area contributed by atoms with Gasteiger partial charge in [0.25, 0.3) is 0 Å². The van der Waals surface area contributed by atoms with Crippen LogP contribution in [0.2, 0.25) is 0 Å². The summed E-state index contributed by atoms with van der Waals surface area (Å²) in [5.41, 5.74) is 5.57. The summed E-state index contributed by atoms with van der Waals surface area (Å²) >= 11 is 0. The Labute approximate surface area is 75.7 Å². The first kappa shape index (κ1) is 11.9.